The first-order chi connectivity index (χ1) is 13.2. The maximum Gasteiger partial charge on any atom is 0.310 e. The fourth-order valence-electron chi connectivity index (χ4n) is 3.23. The molecular formula is C21H25NO5. The van der Waals surface area contributed by atoms with E-state index in [2.05, 4.69) is 11.4 Å². The molecule has 0 aliphatic heterocycles. The van der Waals surface area contributed by atoms with E-state index < -0.39 is 5.97 Å². The fraction of sp³-hybridized carbons (Fsp3) is 0.429. The van der Waals surface area contributed by atoms with Gasteiger partial charge in [-0.15, -0.1) is 0 Å². The van der Waals surface area contributed by atoms with Gasteiger partial charge >= 0.3 is 5.97 Å². The van der Waals surface area contributed by atoms with Crippen molar-refractivity contribution in [3.63, 3.8) is 0 Å². The van der Waals surface area contributed by atoms with Gasteiger partial charge in [0, 0.05) is 23.6 Å². The molecule has 3 rings (SSSR count). The van der Waals surface area contributed by atoms with Crippen molar-refractivity contribution in [1.82, 2.24) is 5.32 Å². The monoisotopic (exact) mass is 371 g/mol. The quantitative estimate of drug-likeness (QED) is 0.567. The number of furan rings is 1. The molecule has 0 spiro atoms. The number of allylic oxidation sites excluding steroid dienone is 1. The molecule has 27 heavy (non-hydrogen) atoms. The molecule has 6 nitrogen and oxygen atoms in total. The first-order valence-electron chi connectivity index (χ1n) is 9.30. The van der Waals surface area contributed by atoms with Gasteiger partial charge in [0.15, 0.2) is 6.61 Å². The summed E-state index contributed by atoms with van der Waals surface area (Å²) in [6.45, 7) is 0.317. The number of carbonyl (C=O) groups is 2. The zero-order valence-corrected chi connectivity index (χ0v) is 15.6. The second kappa shape index (κ2) is 9.26. The zero-order chi connectivity index (χ0) is 19.1. The first-order valence-corrected chi connectivity index (χ1v) is 9.30. The van der Waals surface area contributed by atoms with E-state index >= 15 is 0 Å². The van der Waals surface area contributed by atoms with Gasteiger partial charge in [-0.1, -0.05) is 11.6 Å². The lowest BCUT2D eigenvalue weighted by Gasteiger charge is -2.13. The van der Waals surface area contributed by atoms with Crippen molar-refractivity contribution in [2.24, 2.45) is 0 Å². The molecule has 1 amide bonds. The highest BCUT2D eigenvalue weighted by atomic mass is 16.5. The van der Waals surface area contributed by atoms with Crippen LogP contribution in [0.15, 0.2) is 40.5 Å². The molecule has 0 atom stereocenters. The van der Waals surface area contributed by atoms with Gasteiger partial charge in [-0.25, -0.2) is 0 Å². The van der Waals surface area contributed by atoms with Crippen LogP contribution in [0.5, 0.6) is 5.75 Å². The van der Waals surface area contributed by atoms with Crippen LogP contribution in [0.2, 0.25) is 0 Å². The van der Waals surface area contributed by atoms with Crippen molar-refractivity contribution >= 4 is 22.8 Å². The minimum absolute atomic E-state index is 0.0551. The molecule has 6 heteroatoms. The van der Waals surface area contributed by atoms with Gasteiger partial charge in [-0.3, -0.25) is 9.59 Å². The topological polar surface area (TPSA) is 77.8 Å². The molecule has 0 saturated carbocycles. The van der Waals surface area contributed by atoms with Gasteiger partial charge in [-0.05, 0) is 44.2 Å². The fourth-order valence-corrected chi connectivity index (χ4v) is 3.23. The second-order valence-electron chi connectivity index (χ2n) is 6.67. The molecular weight excluding hydrogens is 346 g/mol. The van der Waals surface area contributed by atoms with Crippen molar-refractivity contribution < 1.29 is 23.5 Å². The molecule has 1 aliphatic carbocycles. The molecule has 0 fully saturated rings. The molecule has 0 saturated heterocycles. The number of amides is 1. The van der Waals surface area contributed by atoms with E-state index in [1.54, 1.807) is 13.2 Å². The highest BCUT2D eigenvalue weighted by Crippen LogP contribution is 2.26. The number of nitrogens with one attached hydrogen (secondary N) is 1. The Bertz CT molecular complexity index is 836. The largest absolute Gasteiger partial charge is 0.497 e. The van der Waals surface area contributed by atoms with Gasteiger partial charge in [0.25, 0.3) is 5.91 Å². The number of carbonyl (C=O) groups excluding carboxylic acids is 2. The van der Waals surface area contributed by atoms with Crippen molar-refractivity contribution in [2.75, 3.05) is 20.3 Å². The number of esters is 1. The van der Waals surface area contributed by atoms with Crippen LogP contribution < -0.4 is 10.1 Å². The summed E-state index contributed by atoms with van der Waals surface area (Å²) in [5.74, 6) is -0.0492. The summed E-state index contributed by atoms with van der Waals surface area (Å²) in [6, 6.07) is 5.41. The van der Waals surface area contributed by atoms with Crippen LogP contribution in [0, 0.1) is 0 Å². The van der Waals surface area contributed by atoms with Crippen LogP contribution in [-0.4, -0.2) is 32.1 Å². The van der Waals surface area contributed by atoms with Crippen LogP contribution in [0.3, 0.4) is 0 Å². The lowest BCUT2D eigenvalue weighted by atomic mass is 9.97. The Labute approximate surface area is 158 Å². The van der Waals surface area contributed by atoms with E-state index in [4.69, 9.17) is 13.9 Å². The number of methoxy groups -OCH3 is 1. The SMILES string of the molecule is COc1ccc2c(CC(=O)OCC(=O)NCCC3=CCCCC3)coc2c1. The average molecular weight is 371 g/mol. The second-order valence-corrected chi connectivity index (χ2v) is 6.67. The minimum atomic E-state index is -0.460. The lowest BCUT2D eigenvalue weighted by Crippen LogP contribution is -2.30. The molecule has 1 N–H and O–H groups in total. The van der Waals surface area contributed by atoms with Crippen molar-refractivity contribution in [1.29, 1.82) is 0 Å². The van der Waals surface area contributed by atoms with E-state index in [0.29, 0.717) is 17.9 Å². The molecule has 1 aromatic heterocycles. The summed E-state index contributed by atoms with van der Waals surface area (Å²) in [5, 5.41) is 3.63. The summed E-state index contributed by atoms with van der Waals surface area (Å²) in [4.78, 5) is 23.9. The lowest BCUT2D eigenvalue weighted by molar-refractivity contribution is -0.147. The Morgan fingerprint density at radius 3 is 2.93 bits per heavy atom. The van der Waals surface area contributed by atoms with Gasteiger partial charge < -0.3 is 19.2 Å². The van der Waals surface area contributed by atoms with E-state index in [9.17, 15) is 9.59 Å². The van der Waals surface area contributed by atoms with Crippen LogP contribution in [0.4, 0.5) is 0 Å². The van der Waals surface area contributed by atoms with Crippen LogP contribution in [0.25, 0.3) is 11.0 Å². The summed E-state index contributed by atoms with van der Waals surface area (Å²) in [5.41, 5.74) is 2.77. The predicted molar refractivity (Wildman–Crippen MR) is 102 cm³/mol. The van der Waals surface area contributed by atoms with Gasteiger partial charge in [0.1, 0.15) is 11.3 Å². The third-order valence-electron chi connectivity index (χ3n) is 4.72. The number of benzene rings is 1. The van der Waals surface area contributed by atoms with E-state index in [1.165, 1.54) is 24.7 Å². The summed E-state index contributed by atoms with van der Waals surface area (Å²) >= 11 is 0. The minimum Gasteiger partial charge on any atom is -0.497 e. The summed E-state index contributed by atoms with van der Waals surface area (Å²) in [6.07, 6.45) is 9.46. The van der Waals surface area contributed by atoms with E-state index in [1.807, 2.05) is 12.1 Å². The summed E-state index contributed by atoms with van der Waals surface area (Å²) < 4.78 is 15.7. The number of hydrogen-bond donors (Lipinski definition) is 1. The Morgan fingerprint density at radius 1 is 1.26 bits per heavy atom. The number of ether oxygens (including phenoxy) is 2. The predicted octanol–water partition coefficient (Wildman–Crippen LogP) is 3.53. The standard InChI is InChI=1S/C21H25NO5/c1-25-17-7-8-18-16(13-26-19(18)12-17)11-21(24)27-14-20(23)22-10-9-15-5-3-2-4-6-15/h5,7-8,12-13H,2-4,6,9-11,14H2,1H3,(H,22,23). The average Bonchev–Trinajstić information content (AvgIpc) is 3.09. The first kappa shape index (κ1) is 19.0. The molecule has 0 unspecified atom stereocenters. The molecule has 144 valence electrons. The van der Waals surface area contributed by atoms with Crippen LogP contribution in [0.1, 0.15) is 37.7 Å². The van der Waals surface area contributed by atoms with Crippen LogP contribution in [-0.2, 0) is 20.7 Å². The molecule has 2 aromatic rings. The van der Waals surface area contributed by atoms with Crippen molar-refractivity contribution in [3.8, 4) is 5.75 Å². The van der Waals surface area contributed by atoms with E-state index in [-0.39, 0.29) is 18.9 Å². The normalized spacial score (nSPS) is 13.9. The zero-order valence-electron chi connectivity index (χ0n) is 15.6. The van der Waals surface area contributed by atoms with E-state index in [0.717, 1.165) is 30.2 Å². The molecule has 0 bridgehead atoms. The Balaban J connectivity index is 1.41. The van der Waals surface area contributed by atoms with Gasteiger partial charge in [0.05, 0.1) is 19.8 Å². The number of fused-ring (bicyclic) bond motifs is 1. The maximum atomic E-state index is 12.0. The molecule has 1 heterocycles. The number of hydrogen-bond acceptors (Lipinski definition) is 5. The van der Waals surface area contributed by atoms with Crippen molar-refractivity contribution in [3.05, 3.63) is 41.7 Å². The van der Waals surface area contributed by atoms with Gasteiger partial charge in [-0.2, -0.15) is 0 Å². The van der Waals surface area contributed by atoms with Crippen molar-refractivity contribution in [2.45, 2.75) is 38.5 Å². The van der Waals surface area contributed by atoms with Gasteiger partial charge in [0.2, 0.25) is 0 Å². The third kappa shape index (κ3) is 5.36. The maximum absolute atomic E-state index is 12.0. The third-order valence-corrected chi connectivity index (χ3v) is 4.72. The smallest absolute Gasteiger partial charge is 0.310 e. The molecule has 1 aliphatic rings. The highest BCUT2D eigenvalue weighted by molar-refractivity contribution is 5.87. The molecule has 0 radical (unpaired) electrons. The Kier molecular flexibility index (Phi) is 6.52. The Morgan fingerprint density at radius 2 is 2.15 bits per heavy atom. The van der Waals surface area contributed by atoms with Crippen LogP contribution >= 0.6 is 0 Å². The molecule has 1 aromatic carbocycles. The number of rotatable bonds is 8. The highest BCUT2D eigenvalue weighted by Gasteiger charge is 2.13. The summed E-state index contributed by atoms with van der Waals surface area (Å²) in [7, 11) is 1.58. The Hall–Kier alpha value is -2.76.